The summed E-state index contributed by atoms with van der Waals surface area (Å²) in [5, 5.41) is 8.82. The number of hydrogen-bond acceptors (Lipinski definition) is 2. The highest BCUT2D eigenvalue weighted by Crippen LogP contribution is 2.28. The summed E-state index contributed by atoms with van der Waals surface area (Å²) in [5.41, 5.74) is 3.35. The van der Waals surface area contributed by atoms with E-state index in [1.54, 1.807) is 0 Å². The number of rotatable bonds is 4. The van der Waals surface area contributed by atoms with Gasteiger partial charge in [-0.3, -0.25) is 4.90 Å². The van der Waals surface area contributed by atoms with Gasteiger partial charge in [-0.05, 0) is 49.6 Å². The van der Waals surface area contributed by atoms with Gasteiger partial charge in [-0.2, -0.15) is 5.26 Å². The normalized spacial score (nSPS) is 15.1. The summed E-state index contributed by atoms with van der Waals surface area (Å²) in [6, 6.07) is 8.99. The van der Waals surface area contributed by atoms with E-state index in [2.05, 4.69) is 30.9 Å². The summed E-state index contributed by atoms with van der Waals surface area (Å²) >= 11 is 0. The highest BCUT2D eigenvalue weighted by molar-refractivity contribution is 5.37. The predicted molar refractivity (Wildman–Crippen MR) is 65.0 cm³/mol. The summed E-state index contributed by atoms with van der Waals surface area (Å²) in [7, 11) is 0. The van der Waals surface area contributed by atoms with Crippen LogP contribution in [0.25, 0.3) is 0 Å². The minimum Gasteiger partial charge on any atom is -0.296 e. The largest absolute Gasteiger partial charge is 0.296 e. The van der Waals surface area contributed by atoms with Gasteiger partial charge in [-0.15, -0.1) is 0 Å². The lowest BCUT2D eigenvalue weighted by Crippen LogP contribution is -2.25. The molecule has 1 aliphatic rings. The van der Waals surface area contributed by atoms with Crippen LogP contribution in [0.4, 0.5) is 0 Å². The molecule has 0 N–H and O–H groups in total. The number of aryl methyl sites for hydroxylation is 1. The van der Waals surface area contributed by atoms with Crippen LogP contribution in [0.15, 0.2) is 18.2 Å². The van der Waals surface area contributed by atoms with Crippen LogP contribution in [0.5, 0.6) is 0 Å². The average molecular weight is 214 g/mol. The van der Waals surface area contributed by atoms with Gasteiger partial charge in [-0.1, -0.05) is 13.0 Å². The molecule has 0 aliphatic heterocycles. The zero-order valence-corrected chi connectivity index (χ0v) is 10.0. The van der Waals surface area contributed by atoms with Crippen LogP contribution in [-0.4, -0.2) is 17.5 Å². The number of hydrogen-bond donors (Lipinski definition) is 0. The fourth-order valence-electron chi connectivity index (χ4n) is 2.10. The van der Waals surface area contributed by atoms with Crippen molar-refractivity contribution in [3.05, 3.63) is 34.9 Å². The molecule has 2 rings (SSSR count). The van der Waals surface area contributed by atoms with Gasteiger partial charge in [0.1, 0.15) is 0 Å². The fourth-order valence-corrected chi connectivity index (χ4v) is 2.10. The number of nitriles is 1. The van der Waals surface area contributed by atoms with Crippen LogP contribution in [0, 0.1) is 18.3 Å². The molecule has 1 aromatic carbocycles. The highest BCUT2D eigenvalue weighted by atomic mass is 15.2. The van der Waals surface area contributed by atoms with Crippen LogP contribution in [0.2, 0.25) is 0 Å². The first kappa shape index (κ1) is 11.2. The van der Waals surface area contributed by atoms with Crippen molar-refractivity contribution in [2.24, 2.45) is 0 Å². The second-order valence-electron chi connectivity index (χ2n) is 4.55. The highest BCUT2D eigenvalue weighted by Gasteiger charge is 2.27. The molecule has 1 fully saturated rings. The summed E-state index contributed by atoms with van der Waals surface area (Å²) < 4.78 is 0. The second kappa shape index (κ2) is 4.67. The zero-order chi connectivity index (χ0) is 11.5. The van der Waals surface area contributed by atoms with E-state index in [1.807, 2.05) is 12.1 Å². The van der Waals surface area contributed by atoms with Crippen molar-refractivity contribution in [3.8, 4) is 6.07 Å². The number of nitrogens with zero attached hydrogens (tertiary/aromatic N) is 2. The lowest BCUT2D eigenvalue weighted by molar-refractivity contribution is 0.269. The van der Waals surface area contributed by atoms with Gasteiger partial charge < -0.3 is 0 Å². The summed E-state index contributed by atoms with van der Waals surface area (Å²) in [4.78, 5) is 2.52. The molecule has 0 heterocycles. The Balaban J connectivity index is 2.11. The molecule has 0 atom stereocenters. The Bertz CT molecular complexity index is 413. The van der Waals surface area contributed by atoms with Crippen molar-refractivity contribution in [2.45, 2.75) is 39.3 Å². The van der Waals surface area contributed by atoms with Gasteiger partial charge in [0, 0.05) is 12.6 Å². The SMILES string of the molecule is CCN(Cc1ccc(C#N)cc1C)C1CC1. The quantitative estimate of drug-likeness (QED) is 0.770. The molecule has 0 bridgehead atoms. The van der Waals surface area contributed by atoms with Crippen LogP contribution >= 0.6 is 0 Å². The molecule has 0 aromatic heterocycles. The maximum absolute atomic E-state index is 8.82. The van der Waals surface area contributed by atoms with Crippen LogP contribution in [0.3, 0.4) is 0 Å². The molecule has 1 saturated carbocycles. The molecule has 0 saturated heterocycles. The van der Waals surface area contributed by atoms with Crippen molar-refractivity contribution in [1.82, 2.24) is 4.90 Å². The Kier molecular flexibility index (Phi) is 3.26. The average Bonchev–Trinajstić information content (AvgIpc) is 3.11. The van der Waals surface area contributed by atoms with E-state index >= 15 is 0 Å². The smallest absolute Gasteiger partial charge is 0.0991 e. The third-order valence-electron chi connectivity index (χ3n) is 3.31. The monoisotopic (exact) mass is 214 g/mol. The molecule has 0 unspecified atom stereocenters. The van der Waals surface area contributed by atoms with Crippen molar-refractivity contribution >= 4 is 0 Å². The molecule has 2 heteroatoms. The Labute approximate surface area is 97.5 Å². The molecule has 0 amide bonds. The van der Waals surface area contributed by atoms with Gasteiger partial charge in [-0.25, -0.2) is 0 Å². The van der Waals surface area contributed by atoms with Crippen LogP contribution in [-0.2, 0) is 6.54 Å². The predicted octanol–water partition coefficient (Wildman–Crippen LogP) is 2.85. The zero-order valence-electron chi connectivity index (χ0n) is 10.0. The molecule has 16 heavy (non-hydrogen) atoms. The summed E-state index contributed by atoms with van der Waals surface area (Å²) in [5.74, 6) is 0. The van der Waals surface area contributed by atoms with Gasteiger partial charge >= 0.3 is 0 Å². The van der Waals surface area contributed by atoms with E-state index in [-0.39, 0.29) is 0 Å². The van der Waals surface area contributed by atoms with E-state index in [1.165, 1.54) is 24.0 Å². The first-order chi connectivity index (χ1) is 7.74. The van der Waals surface area contributed by atoms with Gasteiger partial charge in [0.2, 0.25) is 0 Å². The third-order valence-corrected chi connectivity index (χ3v) is 3.31. The Morgan fingerprint density at radius 3 is 2.69 bits per heavy atom. The first-order valence-corrected chi connectivity index (χ1v) is 5.98. The molecule has 84 valence electrons. The van der Waals surface area contributed by atoms with E-state index < -0.39 is 0 Å². The maximum atomic E-state index is 8.82. The Hall–Kier alpha value is -1.33. The summed E-state index contributed by atoms with van der Waals surface area (Å²) in [6.07, 6.45) is 2.70. The van der Waals surface area contributed by atoms with E-state index in [9.17, 15) is 0 Å². The van der Waals surface area contributed by atoms with Crippen LogP contribution < -0.4 is 0 Å². The standard InChI is InChI=1S/C14H18N2/c1-3-16(14-6-7-14)10-13-5-4-12(9-15)8-11(13)2/h4-5,8,14H,3,6-7,10H2,1-2H3. The topological polar surface area (TPSA) is 27.0 Å². The molecule has 1 aromatic rings. The number of benzene rings is 1. The maximum Gasteiger partial charge on any atom is 0.0991 e. The molecule has 0 radical (unpaired) electrons. The molecule has 0 spiro atoms. The lowest BCUT2D eigenvalue weighted by Gasteiger charge is -2.20. The van der Waals surface area contributed by atoms with E-state index in [0.29, 0.717) is 0 Å². The van der Waals surface area contributed by atoms with Crippen molar-refractivity contribution < 1.29 is 0 Å². The van der Waals surface area contributed by atoms with Gasteiger partial charge in [0.05, 0.1) is 11.6 Å². The lowest BCUT2D eigenvalue weighted by atomic mass is 10.1. The summed E-state index contributed by atoms with van der Waals surface area (Å²) in [6.45, 7) is 6.46. The van der Waals surface area contributed by atoms with E-state index in [4.69, 9.17) is 5.26 Å². The second-order valence-corrected chi connectivity index (χ2v) is 4.55. The van der Waals surface area contributed by atoms with Crippen molar-refractivity contribution in [1.29, 1.82) is 5.26 Å². The molecular weight excluding hydrogens is 196 g/mol. The fraction of sp³-hybridized carbons (Fsp3) is 0.500. The Morgan fingerprint density at radius 2 is 2.19 bits per heavy atom. The van der Waals surface area contributed by atoms with Gasteiger partial charge in [0.25, 0.3) is 0 Å². The molecule has 1 aliphatic carbocycles. The molecular formula is C14H18N2. The van der Waals surface area contributed by atoms with Crippen molar-refractivity contribution in [3.63, 3.8) is 0 Å². The minimum atomic E-state index is 0.760. The third kappa shape index (κ3) is 2.43. The Morgan fingerprint density at radius 1 is 1.44 bits per heavy atom. The van der Waals surface area contributed by atoms with Crippen LogP contribution in [0.1, 0.15) is 36.5 Å². The minimum absolute atomic E-state index is 0.760. The molecule has 2 nitrogen and oxygen atoms in total. The van der Waals surface area contributed by atoms with Crippen molar-refractivity contribution in [2.75, 3.05) is 6.54 Å². The van der Waals surface area contributed by atoms with E-state index in [0.717, 1.165) is 24.7 Å². The van der Waals surface area contributed by atoms with Gasteiger partial charge in [0.15, 0.2) is 0 Å². The first-order valence-electron chi connectivity index (χ1n) is 5.98.